The largest absolute Gasteiger partial charge is 0.494 e. The van der Waals surface area contributed by atoms with Gasteiger partial charge in [0.1, 0.15) is 5.52 Å². The smallest absolute Gasteiger partial charge is 0.335 e. The van der Waals surface area contributed by atoms with Gasteiger partial charge in [0.25, 0.3) is 0 Å². The molecule has 0 aliphatic rings. The fourth-order valence-corrected chi connectivity index (χ4v) is 2.01. The molecule has 1 N–H and O–H groups in total. The van der Waals surface area contributed by atoms with Crippen molar-refractivity contribution in [3.8, 4) is 17.2 Å². The van der Waals surface area contributed by atoms with Gasteiger partial charge in [-0.3, -0.25) is 0 Å². The van der Waals surface area contributed by atoms with E-state index in [0.717, 1.165) is 0 Å². The molecule has 5 nitrogen and oxygen atoms in total. The second-order valence-electron chi connectivity index (χ2n) is 4.33. The average molecular weight is 287 g/mol. The summed E-state index contributed by atoms with van der Waals surface area (Å²) in [6.07, 6.45) is 0. The molecule has 0 saturated heterocycles. The summed E-state index contributed by atoms with van der Waals surface area (Å²) < 4.78 is 24.5. The Morgan fingerprint density at radius 2 is 2.14 bits per heavy atom. The minimum Gasteiger partial charge on any atom is -0.494 e. The molecule has 0 amide bonds. The van der Waals surface area contributed by atoms with Gasteiger partial charge in [-0.05, 0) is 30.3 Å². The van der Waals surface area contributed by atoms with Crippen molar-refractivity contribution >= 4 is 17.1 Å². The number of methoxy groups -OCH3 is 1. The summed E-state index contributed by atoms with van der Waals surface area (Å²) in [7, 11) is 1.37. The Kier molecular flexibility index (Phi) is 3.06. The lowest BCUT2D eigenvalue weighted by Crippen LogP contribution is -1.94. The van der Waals surface area contributed by atoms with E-state index in [4.69, 9.17) is 14.3 Å². The molecule has 0 aliphatic carbocycles. The van der Waals surface area contributed by atoms with Crippen LogP contribution in [0.4, 0.5) is 4.39 Å². The fraction of sp³-hybridized carbons (Fsp3) is 0.0667. The third-order valence-corrected chi connectivity index (χ3v) is 3.05. The first-order valence-corrected chi connectivity index (χ1v) is 6.07. The Morgan fingerprint density at radius 1 is 1.33 bits per heavy atom. The van der Waals surface area contributed by atoms with Gasteiger partial charge in [-0.25, -0.2) is 14.2 Å². The van der Waals surface area contributed by atoms with Gasteiger partial charge >= 0.3 is 5.97 Å². The molecule has 106 valence electrons. The zero-order valence-electron chi connectivity index (χ0n) is 11.0. The molecule has 0 saturated carbocycles. The van der Waals surface area contributed by atoms with E-state index in [1.54, 1.807) is 6.07 Å². The molecule has 2 aromatic carbocycles. The van der Waals surface area contributed by atoms with Crippen LogP contribution >= 0.6 is 0 Å². The molecule has 21 heavy (non-hydrogen) atoms. The van der Waals surface area contributed by atoms with Crippen molar-refractivity contribution in [3.63, 3.8) is 0 Å². The molecule has 1 aromatic heterocycles. The van der Waals surface area contributed by atoms with Crippen molar-refractivity contribution in [2.24, 2.45) is 0 Å². The number of halogens is 1. The van der Waals surface area contributed by atoms with Crippen LogP contribution in [0, 0.1) is 5.82 Å². The molecule has 0 unspecified atom stereocenters. The monoisotopic (exact) mass is 287 g/mol. The molecule has 6 heteroatoms. The van der Waals surface area contributed by atoms with Crippen LogP contribution in [0.2, 0.25) is 0 Å². The van der Waals surface area contributed by atoms with E-state index in [9.17, 15) is 9.18 Å². The van der Waals surface area contributed by atoms with Gasteiger partial charge in [-0.1, -0.05) is 6.07 Å². The minimum atomic E-state index is -1.07. The second kappa shape index (κ2) is 4.90. The Morgan fingerprint density at radius 3 is 2.86 bits per heavy atom. The molecule has 0 bridgehead atoms. The number of hydrogen-bond acceptors (Lipinski definition) is 4. The zero-order chi connectivity index (χ0) is 15.0. The maximum Gasteiger partial charge on any atom is 0.335 e. The number of carboxylic acid groups (broad SMARTS) is 1. The number of aromatic carboxylic acids is 1. The van der Waals surface area contributed by atoms with Gasteiger partial charge in [-0.15, -0.1) is 0 Å². The number of carbonyl (C=O) groups is 1. The first-order chi connectivity index (χ1) is 10.1. The number of hydrogen-bond donors (Lipinski definition) is 1. The average Bonchev–Trinajstić information content (AvgIpc) is 2.90. The third kappa shape index (κ3) is 2.20. The van der Waals surface area contributed by atoms with Crippen LogP contribution in [0.25, 0.3) is 22.6 Å². The van der Waals surface area contributed by atoms with Crippen LogP contribution in [0.15, 0.2) is 40.8 Å². The maximum atomic E-state index is 14.2. The molecule has 3 rings (SSSR count). The Bertz CT molecular complexity index is 841. The molecule has 0 atom stereocenters. The Hall–Kier alpha value is -2.89. The Labute approximate surface area is 118 Å². The van der Waals surface area contributed by atoms with Crippen LogP contribution in [0.5, 0.6) is 5.75 Å². The Balaban J connectivity index is 2.15. The van der Waals surface area contributed by atoms with E-state index in [1.165, 1.54) is 37.4 Å². The molecule has 0 fully saturated rings. The highest BCUT2D eigenvalue weighted by atomic mass is 19.1. The lowest BCUT2D eigenvalue weighted by atomic mass is 10.2. The standard InChI is InChI=1S/C15H10FNO4/c1-20-11-4-2-3-9(13(11)16)14-17-10-6-5-8(15(18)19)7-12(10)21-14/h2-7H,1H3,(H,18,19). The number of oxazole rings is 1. The third-order valence-electron chi connectivity index (χ3n) is 3.05. The quantitative estimate of drug-likeness (QED) is 0.799. The number of fused-ring (bicyclic) bond motifs is 1. The summed E-state index contributed by atoms with van der Waals surface area (Å²) >= 11 is 0. The summed E-state index contributed by atoms with van der Waals surface area (Å²) in [6, 6.07) is 8.91. The number of rotatable bonds is 3. The van der Waals surface area contributed by atoms with Crippen LogP contribution in [0.1, 0.15) is 10.4 Å². The first kappa shape index (κ1) is 13.1. The number of nitrogens with zero attached hydrogens (tertiary/aromatic N) is 1. The van der Waals surface area contributed by atoms with Gasteiger partial charge in [0.2, 0.25) is 5.89 Å². The minimum absolute atomic E-state index is 0.0731. The summed E-state index contributed by atoms with van der Waals surface area (Å²) in [5, 5.41) is 8.94. The molecule has 0 aliphatic heterocycles. The van der Waals surface area contributed by atoms with E-state index < -0.39 is 11.8 Å². The molecule has 1 heterocycles. The van der Waals surface area contributed by atoms with Gasteiger partial charge in [0, 0.05) is 0 Å². The van der Waals surface area contributed by atoms with Gasteiger partial charge < -0.3 is 14.3 Å². The normalized spacial score (nSPS) is 10.8. The molecular weight excluding hydrogens is 277 g/mol. The van der Waals surface area contributed by atoms with E-state index in [-0.39, 0.29) is 28.4 Å². The van der Waals surface area contributed by atoms with Crippen molar-refractivity contribution in [1.82, 2.24) is 4.98 Å². The van der Waals surface area contributed by atoms with Crippen LogP contribution < -0.4 is 4.74 Å². The van der Waals surface area contributed by atoms with Crippen molar-refractivity contribution in [3.05, 3.63) is 47.8 Å². The van der Waals surface area contributed by atoms with Crippen LogP contribution in [-0.2, 0) is 0 Å². The van der Waals surface area contributed by atoms with Crippen LogP contribution in [-0.4, -0.2) is 23.2 Å². The predicted molar refractivity (Wildman–Crippen MR) is 72.9 cm³/mol. The van der Waals surface area contributed by atoms with Gasteiger partial charge in [0.05, 0.1) is 18.2 Å². The zero-order valence-corrected chi connectivity index (χ0v) is 11.0. The van der Waals surface area contributed by atoms with E-state index in [2.05, 4.69) is 4.98 Å². The summed E-state index contributed by atoms with van der Waals surface area (Å²) in [5.41, 5.74) is 0.975. The van der Waals surface area contributed by atoms with E-state index in [0.29, 0.717) is 5.52 Å². The topological polar surface area (TPSA) is 72.6 Å². The van der Waals surface area contributed by atoms with Crippen molar-refractivity contribution < 1.29 is 23.4 Å². The first-order valence-electron chi connectivity index (χ1n) is 6.07. The lowest BCUT2D eigenvalue weighted by molar-refractivity contribution is 0.0697. The number of ether oxygens (including phenoxy) is 1. The summed E-state index contributed by atoms with van der Waals surface area (Å²) in [6.45, 7) is 0. The van der Waals surface area contributed by atoms with Gasteiger partial charge in [0.15, 0.2) is 17.1 Å². The molecule has 0 spiro atoms. The molecule has 3 aromatic rings. The maximum absolute atomic E-state index is 14.2. The highest BCUT2D eigenvalue weighted by Gasteiger charge is 2.16. The van der Waals surface area contributed by atoms with Crippen molar-refractivity contribution in [1.29, 1.82) is 0 Å². The fourth-order valence-electron chi connectivity index (χ4n) is 2.01. The number of aromatic nitrogens is 1. The number of carboxylic acids is 1. The SMILES string of the molecule is COc1cccc(-c2nc3ccc(C(=O)O)cc3o2)c1F. The number of benzene rings is 2. The lowest BCUT2D eigenvalue weighted by Gasteiger charge is -2.03. The summed E-state index contributed by atoms with van der Waals surface area (Å²) in [5.74, 6) is -1.49. The van der Waals surface area contributed by atoms with Crippen LogP contribution in [0.3, 0.4) is 0 Å². The van der Waals surface area contributed by atoms with E-state index >= 15 is 0 Å². The highest BCUT2D eigenvalue weighted by Crippen LogP contribution is 2.30. The van der Waals surface area contributed by atoms with E-state index in [1.807, 2.05) is 0 Å². The second-order valence-corrected chi connectivity index (χ2v) is 4.33. The molecule has 0 radical (unpaired) electrons. The summed E-state index contributed by atoms with van der Waals surface area (Å²) in [4.78, 5) is 15.1. The predicted octanol–water partition coefficient (Wildman–Crippen LogP) is 3.34. The van der Waals surface area contributed by atoms with Gasteiger partial charge in [-0.2, -0.15) is 0 Å². The highest BCUT2D eigenvalue weighted by molar-refractivity contribution is 5.92. The van der Waals surface area contributed by atoms with Crippen molar-refractivity contribution in [2.45, 2.75) is 0 Å². The molecular formula is C15H10FNO4. The van der Waals surface area contributed by atoms with Crippen molar-refractivity contribution in [2.75, 3.05) is 7.11 Å².